The second kappa shape index (κ2) is 6.02. The Hall–Kier alpha value is -1.62. The molecule has 0 bridgehead atoms. The van der Waals surface area contributed by atoms with Gasteiger partial charge in [0.25, 0.3) is 5.91 Å². The highest BCUT2D eigenvalue weighted by atomic mass is 19.1. The minimum absolute atomic E-state index is 0.250. The molecule has 0 radical (unpaired) electrons. The summed E-state index contributed by atoms with van der Waals surface area (Å²) in [5.74, 6) is -1.03. The van der Waals surface area contributed by atoms with Gasteiger partial charge in [0.05, 0.1) is 5.56 Å². The fourth-order valence-corrected chi connectivity index (χ4v) is 2.56. The number of hydrogen-bond donors (Lipinski definition) is 2. The van der Waals surface area contributed by atoms with Gasteiger partial charge >= 0.3 is 0 Å². The van der Waals surface area contributed by atoms with Crippen LogP contribution in [-0.4, -0.2) is 31.6 Å². The van der Waals surface area contributed by atoms with Crippen molar-refractivity contribution in [1.82, 2.24) is 5.32 Å². The molecule has 1 aromatic rings. The number of amides is 1. The van der Waals surface area contributed by atoms with Gasteiger partial charge in [-0.05, 0) is 44.5 Å². The third kappa shape index (κ3) is 3.23. The van der Waals surface area contributed by atoms with Gasteiger partial charge in [-0.1, -0.05) is 0 Å². The van der Waals surface area contributed by atoms with E-state index in [1.165, 1.54) is 18.6 Å². The van der Waals surface area contributed by atoms with Crippen molar-refractivity contribution in [1.29, 1.82) is 0 Å². The van der Waals surface area contributed by atoms with Crippen LogP contribution in [0.2, 0.25) is 0 Å². The first-order valence-corrected chi connectivity index (χ1v) is 6.69. The lowest BCUT2D eigenvalue weighted by atomic mass is 10.1. The Morgan fingerprint density at radius 3 is 2.95 bits per heavy atom. The normalized spacial score (nSPS) is 18.5. The molecule has 2 rings (SSSR count). The topological polar surface area (TPSA) is 58.4 Å². The number of benzene rings is 1. The van der Waals surface area contributed by atoms with Crippen molar-refractivity contribution in [3.8, 4) is 0 Å². The van der Waals surface area contributed by atoms with Crippen LogP contribution in [0.25, 0.3) is 0 Å². The minimum atomic E-state index is -0.590. The van der Waals surface area contributed by atoms with Crippen LogP contribution in [0.5, 0.6) is 0 Å². The summed E-state index contributed by atoms with van der Waals surface area (Å²) in [6.07, 6.45) is 2.30. The predicted octanol–water partition coefficient (Wildman–Crippen LogP) is 1.50. The number of nitrogens with two attached hydrogens (primary N) is 1. The van der Waals surface area contributed by atoms with E-state index in [0.29, 0.717) is 11.7 Å². The maximum atomic E-state index is 13.2. The van der Waals surface area contributed by atoms with Gasteiger partial charge in [-0.15, -0.1) is 0 Å². The Labute approximate surface area is 112 Å². The van der Waals surface area contributed by atoms with Gasteiger partial charge in [0, 0.05) is 24.8 Å². The standard InChI is InChI=1S/C14H20FN3O/c1-2-18(9-11-4-3-7-17-11)13-6-5-10(15)8-12(13)14(16)19/h5-6,8,11,17H,2-4,7,9H2,1H3,(H2,16,19). The van der Waals surface area contributed by atoms with Gasteiger partial charge in [-0.25, -0.2) is 4.39 Å². The molecule has 4 nitrogen and oxygen atoms in total. The van der Waals surface area contributed by atoms with Crippen LogP contribution < -0.4 is 16.0 Å². The van der Waals surface area contributed by atoms with Crippen LogP contribution in [0.15, 0.2) is 18.2 Å². The second-order valence-corrected chi connectivity index (χ2v) is 4.86. The summed E-state index contributed by atoms with van der Waals surface area (Å²) >= 11 is 0. The van der Waals surface area contributed by atoms with Gasteiger partial charge < -0.3 is 16.0 Å². The summed E-state index contributed by atoms with van der Waals surface area (Å²) in [7, 11) is 0. The van der Waals surface area contributed by atoms with E-state index in [9.17, 15) is 9.18 Å². The molecular formula is C14H20FN3O. The molecular weight excluding hydrogens is 245 g/mol. The average molecular weight is 265 g/mol. The Bertz CT molecular complexity index is 458. The van der Waals surface area contributed by atoms with Crippen LogP contribution >= 0.6 is 0 Å². The number of likely N-dealkylation sites (N-methyl/N-ethyl adjacent to an activating group) is 1. The van der Waals surface area contributed by atoms with Gasteiger partial charge in [-0.2, -0.15) is 0 Å². The molecule has 1 heterocycles. The number of rotatable bonds is 5. The molecule has 104 valence electrons. The molecule has 1 aromatic carbocycles. The fourth-order valence-electron chi connectivity index (χ4n) is 2.56. The molecule has 19 heavy (non-hydrogen) atoms. The van der Waals surface area contributed by atoms with E-state index >= 15 is 0 Å². The van der Waals surface area contributed by atoms with E-state index in [1.54, 1.807) is 6.07 Å². The monoisotopic (exact) mass is 265 g/mol. The fraction of sp³-hybridized carbons (Fsp3) is 0.500. The van der Waals surface area contributed by atoms with Crippen LogP contribution in [0, 0.1) is 5.82 Å². The number of primary amides is 1. The van der Waals surface area contributed by atoms with Gasteiger partial charge in [0.2, 0.25) is 0 Å². The largest absolute Gasteiger partial charge is 0.370 e. The van der Waals surface area contributed by atoms with Gasteiger partial charge in [0.1, 0.15) is 5.82 Å². The van der Waals surface area contributed by atoms with Crippen LogP contribution in [0.1, 0.15) is 30.1 Å². The Balaban J connectivity index is 2.23. The minimum Gasteiger partial charge on any atom is -0.370 e. The quantitative estimate of drug-likeness (QED) is 0.848. The van der Waals surface area contributed by atoms with Crippen molar-refractivity contribution < 1.29 is 9.18 Å². The SMILES string of the molecule is CCN(CC1CCCN1)c1ccc(F)cc1C(N)=O. The van der Waals surface area contributed by atoms with E-state index in [1.807, 2.05) is 6.92 Å². The molecule has 1 unspecified atom stereocenters. The van der Waals surface area contributed by atoms with Crippen molar-refractivity contribution in [3.63, 3.8) is 0 Å². The molecule has 1 atom stereocenters. The van der Waals surface area contributed by atoms with Crippen molar-refractivity contribution in [2.75, 3.05) is 24.5 Å². The third-order valence-electron chi connectivity index (χ3n) is 3.55. The first-order valence-electron chi connectivity index (χ1n) is 6.69. The van der Waals surface area contributed by atoms with Crippen molar-refractivity contribution in [3.05, 3.63) is 29.6 Å². The highest BCUT2D eigenvalue weighted by molar-refractivity contribution is 5.98. The smallest absolute Gasteiger partial charge is 0.250 e. The second-order valence-electron chi connectivity index (χ2n) is 4.86. The molecule has 0 saturated carbocycles. The Morgan fingerprint density at radius 1 is 1.58 bits per heavy atom. The maximum absolute atomic E-state index is 13.2. The molecule has 0 spiro atoms. The number of carbonyl (C=O) groups is 1. The van der Waals surface area contributed by atoms with E-state index in [2.05, 4.69) is 10.2 Å². The highest BCUT2D eigenvalue weighted by Crippen LogP contribution is 2.22. The van der Waals surface area contributed by atoms with Crippen LogP contribution in [0.4, 0.5) is 10.1 Å². The Kier molecular flexibility index (Phi) is 4.37. The van der Waals surface area contributed by atoms with Crippen LogP contribution in [0.3, 0.4) is 0 Å². The molecule has 1 fully saturated rings. The number of anilines is 1. The first-order chi connectivity index (χ1) is 9.11. The number of hydrogen-bond acceptors (Lipinski definition) is 3. The van der Waals surface area contributed by atoms with Crippen molar-refractivity contribution in [2.45, 2.75) is 25.8 Å². The summed E-state index contributed by atoms with van der Waals surface area (Å²) in [5.41, 5.74) is 6.30. The van der Waals surface area contributed by atoms with Crippen molar-refractivity contribution in [2.24, 2.45) is 5.73 Å². The van der Waals surface area contributed by atoms with E-state index in [4.69, 9.17) is 5.73 Å². The molecule has 3 N–H and O–H groups in total. The van der Waals surface area contributed by atoms with E-state index in [0.717, 1.165) is 26.1 Å². The molecule has 1 aliphatic heterocycles. The average Bonchev–Trinajstić information content (AvgIpc) is 2.89. The summed E-state index contributed by atoms with van der Waals surface area (Å²) in [6.45, 7) is 4.61. The highest BCUT2D eigenvalue weighted by Gasteiger charge is 2.20. The van der Waals surface area contributed by atoms with E-state index < -0.39 is 11.7 Å². The Morgan fingerprint density at radius 2 is 2.37 bits per heavy atom. The lowest BCUT2D eigenvalue weighted by molar-refractivity contribution is 0.100. The first kappa shape index (κ1) is 13.8. The molecule has 5 heteroatoms. The van der Waals surface area contributed by atoms with Gasteiger partial charge in [0.15, 0.2) is 0 Å². The molecule has 1 saturated heterocycles. The number of halogens is 1. The molecule has 1 amide bonds. The predicted molar refractivity (Wildman–Crippen MR) is 73.8 cm³/mol. The lowest BCUT2D eigenvalue weighted by Crippen LogP contribution is -2.38. The number of carbonyl (C=O) groups excluding carboxylic acids is 1. The summed E-state index contributed by atoms with van der Waals surface area (Å²) in [4.78, 5) is 13.5. The third-order valence-corrected chi connectivity index (χ3v) is 3.55. The summed E-state index contributed by atoms with van der Waals surface area (Å²) < 4.78 is 13.2. The zero-order chi connectivity index (χ0) is 13.8. The zero-order valence-electron chi connectivity index (χ0n) is 11.2. The maximum Gasteiger partial charge on any atom is 0.250 e. The van der Waals surface area contributed by atoms with E-state index in [-0.39, 0.29) is 5.56 Å². The van der Waals surface area contributed by atoms with Crippen molar-refractivity contribution >= 4 is 11.6 Å². The summed E-state index contributed by atoms with van der Waals surface area (Å²) in [5, 5.41) is 3.42. The summed E-state index contributed by atoms with van der Waals surface area (Å²) in [6, 6.07) is 4.63. The van der Waals surface area contributed by atoms with Gasteiger partial charge in [-0.3, -0.25) is 4.79 Å². The molecule has 0 aromatic heterocycles. The molecule has 1 aliphatic rings. The zero-order valence-corrected chi connectivity index (χ0v) is 11.2. The lowest BCUT2D eigenvalue weighted by Gasteiger charge is -2.28. The molecule has 0 aliphatic carbocycles. The number of nitrogens with one attached hydrogen (secondary N) is 1. The van der Waals surface area contributed by atoms with Crippen LogP contribution in [-0.2, 0) is 0 Å². The number of nitrogens with zero attached hydrogens (tertiary/aromatic N) is 1.